The van der Waals surface area contributed by atoms with Crippen molar-refractivity contribution < 1.29 is 9.32 Å². The summed E-state index contributed by atoms with van der Waals surface area (Å²) in [4.78, 5) is 12.0. The minimum absolute atomic E-state index is 0.185. The maximum atomic E-state index is 12.0. The Bertz CT molecular complexity index is 582. The van der Waals surface area contributed by atoms with E-state index in [2.05, 4.69) is 31.2 Å². The SMILES string of the molecule is CC(C)(C)CCCNC(=O)c1cc(-c2ccccc2)on1. The van der Waals surface area contributed by atoms with E-state index in [4.69, 9.17) is 4.52 Å². The predicted molar refractivity (Wildman–Crippen MR) is 83.0 cm³/mol. The van der Waals surface area contributed by atoms with Crippen LogP contribution in [0, 0.1) is 5.41 Å². The Kier molecular flexibility index (Phi) is 4.78. The molecule has 0 saturated heterocycles. The molecule has 1 heterocycles. The third kappa shape index (κ3) is 4.74. The van der Waals surface area contributed by atoms with E-state index < -0.39 is 0 Å². The standard InChI is InChI=1S/C17H22N2O2/c1-17(2,3)10-7-11-18-16(20)14-12-15(21-19-14)13-8-5-4-6-9-13/h4-6,8-9,12H,7,10-11H2,1-3H3,(H,18,20). The van der Waals surface area contributed by atoms with E-state index in [1.807, 2.05) is 30.3 Å². The molecule has 0 spiro atoms. The summed E-state index contributed by atoms with van der Waals surface area (Å²) in [6.07, 6.45) is 2.03. The maximum Gasteiger partial charge on any atom is 0.273 e. The number of aromatic nitrogens is 1. The fraction of sp³-hybridized carbons (Fsp3) is 0.412. The molecule has 1 aromatic heterocycles. The molecule has 1 N–H and O–H groups in total. The number of carbonyl (C=O) groups is 1. The molecule has 0 aliphatic rings. The second-order valence-corrected chi connectivity index (χ2v) is 6.36. The summed E-state index contributed by atoms with van der Waals surface area (Å²) < 4.78 is 5.22. The Morgan fingerprint density at radius 3 is 2.62 bits per heavy atom. The summed E-state index contributed by atoms with van der Waals surface area (Å²) in [5, 5.41) is 6.71. The van der Waals surface area contributed by atoms with Crippen LogP contribution < -0.4 is 5.32 Å². The molecule has 0 aliphatic carbocycles. The lowest BCUT2D eigenvalue weighted by Gasteiger charge is -2.17. The smallest absolute Gasteiger partial charge is 0.273 e. The molecule has 0 bridgehead atoms. The highest BCUT2D eigenvalue weighted by atomic mass is 16.5. The van der Waals surface area contributed by atoms with Crippen LogP contribution in [0.4, 0.5) is 0 Å². The van der Waals surface area contributed by atoms with Gasteiger partial charge in [-0.1, -0.05) is 56.3 Å². The van der Waals surface area contributed by atoms with Gasteiger partial charge in [0.1, 0.15) is 0 Å². The molecule has 1 amide bonds. The van der Waals surface area contributed by atoms with Gasteiger partial charge in [0.05, 0.1) is 0 Å². The summed E-state index contributed by atoms with van der Waals surface area (Å²) in [5.74, 6) is 0.422. The highest BCUT2D eigenvalue weighted by molar-refractivity contribution is 5.93. The summed E-state index contributed by atoms with van der Waals surface area (Å²) in [5.41, 5.74) is 1.53. The Hall–Kier alpha value is -2.10. The van der Waals surface area contributed by atoms with Crippen LogP contribution in [0.1, 0.15) is 44.1 Å². The third-order valence-corrected chi connectivity index (χ3v) is 3.19. The molecule has 1 aromatic carbocycles. The highest BCUT2D eigenvalue weighted by Crippen LogP contribution is 2.21. The molecule has 21 heavy (non-hydrogen) atoms. The number of nitrogens with one attached hydrogen (secondary N) is 1. The number of rotatable bonds is 5. The topological polar surface area (TPSA) is 55.1 Å². The van der Waals surface area contributed by atoms with E-state index in [0.29, 0.717) is 23.4 Å². The van der Waals surface area contributed by atoms with Gasteiger partial charge >= 0.3 is 0 Å². The van der Waals surface area contributed by atoms with Crippen molar-refractivity contribution in [2.24, 2.45) is 5.41 Å². The first-order valence-electron chi connectivity index (χ1n) is 7.26. The van der Waals surface area contributed by atoms with Crippen molar-refractivity contribution in [3.8, 4) is 11.3 Å². The molecule has 2 aromatic rings. The second-order valence-electron chi connectivity index (χ2n) is 6.36. The van der Waals surface area contributed by atoms with Crippen molar-refractivity contribution >= 4 is 5.91 Å². The van der Waals surface area contributed by atoms with Gasteiger partial charge in [0, 0.05) is 18.2 Å². The van der Waals surface area contributed by atoms with Crippen molar-refractivity contribution in [3.63, 3.8) is 0 Å². The number of hydrogen-bond donors (Lipinski definition) is 1. The Morgan fingerprint density at radius 2 is 1.95 bits per heavy atom. The van der Waals surface area contributed by atoms with Gasteiger partial charge in [-0.2, -0.15) is 0 Å². The Balaban J connectivity index is 1.88. The van der Waals surface area contributed by atoms with Crippen LogP contribution in [0.2, 0.25) is 0 Å². The first-order chi connectivity index (χ1) is 9.96. The van der Waals surface area contributed by atoms with Gasteiger partial charge in [-0.3, -0.25) is 4.79 Å². The van der Waals surface area contributed by atoms with E-state index in [0.717, 1.165) is 18.4 Å². The lowest BCUT2D eigenvalue weighted by atomic mass is 9.91. The minimum Gasteiger partial charge on any atom is -0.355 e. The van der Waals surface area contributed by atoms with E-state index in [-0.39, 0.29) is 5.91 Å². The van der Waals surface area contributed by atoms with Crippen LogP contribution in [0.5, 0.6) is 0 Å². The molecule has 0 aliphatic heterocycles. The summed E-state index contributed by atoms with van der Waals surface area (Å²) in [6.45, 7) is 7.24. The fourth-order valence-electron chi connectivity index (χ4n) is 2.03. The molecular formula is C17H22N2O2. The van der Waals surface area contributed by atoms with Gasteiger partial charge in [0.25, 0.3) is 5.91 Å². The first-order valence-corrected chi connectivity index (χ1v) is 7.26. The number of carbonyl (C=O) groups excluding carboxylic acids is 1. The van der Waals surface area contributed by atoms with Crippen molar-refractivity contribution in [2.45, 2.75) is 33.6 Å². The number of hydrogen-bond acceptors (Lipinski definition) is 3. The van der Waals surface area contributed by atoms with Crippen LogP contribution >= 0.6 is 0 Å². The number of benzene rings is 1. The lowest BCUT2D eigenvalue weighted by Crippen LogP contribution is -2.25. The van der Waals surface area contributed by atoms with Gasteiger partial charge in [-0.15, -0.1) is 0 Å². The quantitative estimate of drug-likeness (QED) is 0.848. The van der Waals surface area contributed by atoms with Gasteiger partial charge in [-0.05, 0) is 18.3 Å². The van der Waals surface area contributed by atoms with E-state index in [1.165, 1.54) is 0 Å². The van der Waals surface area contributed by atoms with Crippen LogP contribution in [0.3, 0.4) is 0 Å². The zero-order chi connectivity index (χ0) is 15.3. The molecule has 0 radical (unpaired) electrons. The molecule has 0 unspecified atom stereocenters. The molecule has 0 saturated carbocycles. The summed E-state index contributed by atoms with van der Waals surface area (Å²) in [7, 11) is 0. The molecule has 2 rings (SSSR count). The van der Waals surface area contributed by atoms with Crippen molar-refractivity contribution in [3.05, 3.63) is 42.1 Å². The van der Waals surface area contributed by atoms with Crippen LogP contribution in [0.25, 0.3) is 11.3 Å². The number of amides is 1. The van der Waals surface area contributed by atoms with Crippen LogP contribution in [0.15, 0.2) is 40.9 Å². The average Bonchev–Trinajstić information content (AvgIpc) is 2.93. The summed E-state index contributed by atoms with van der Waals surface area (Å²) >= 11 is 0. The Labute approximate surface area is 125 Å². The summed E-state index contributed by atoms with van der Waals surface area (Å²) in [6, 6.07) is 11.3. The zero-order valence-corrected chi connectivity index (χ0v) is 12.8. The van der Waals surface area contributed by atoms with E-state index >= 15 is 0 Å². The van der Waals surface area contributed by atoms with Crippen molar-refractivity contribution in [2.75, 3.05) is 6.54 Å². The fourth-order valence-corrected chi connectivity index (χ4v) is 2.03. The zero-order valence-electron chi connectivity index (χ0n) is 12.8. The number of nitrogens with zero attached hydrogens (tertiary/aromatic N) is 1. The predicted octanol–water partition coefficient (Wildman–Crippen LogP) is 3.90. The normalized spacial score (nSPS) is 11.4. The van der Waals surface area contributed by atoms with Crippen LogP contribution in [-0.2, 0) is 0 Å². The maximum absolute atomic E-state index is 12.0. The van der Waals surface area contributed by atoms with Crippen LogP contribution in [-0.4, -0.2) is 17.6 Å². The van der Waals surface area contributed by atoms with Gasteiger partial charge in [-0.25, -0.2) is 0 Å². The second kappa shape index (κ2) is 6.57. The average molecular weight is 286 g/mol. The molecule has 0 fully saturated rings. The van der Waals surface area contributed by atoms with Gasteiger partial charge < -0.3 is 9.84 Å². The molecule has 0 atom stereocenters. The highest BCUT2D eigenvalue weighted by Gasteiger charge is 2.14. The molecule has 112 valence electrons. The van der Waals surface area contributed by atoms with Crippen molar-refractivity contribution in [1.29, 1.82) is 0 Å². The molecule has 4 heteroatoms. The van der Waals surface area contributed by atoms with Crippen molar-refractivity contribution in [1.82, 2.24) is 10.5 Å². The first kappa shape index (κ1) is 15.3. The van der Waals surface area contributed by atoms with Gasteiger partial charge in [0.15, 0.2) is 11.5 Å². The lowest BCUT2D eigenvalue weighted by molar-refractivity contribution is 0.0942. The molecule has 4 nitrogen and oxygen atoms in total. The Morgan fingerprint density at radius 1 is 1.24 bits per heavy atom. The van der Waals surface area contributed by atoms with Gasteiger partial charge in [0.2, 0.25) is 0 Å². The van der Waals surface area contributed by atoms with E-state index in [9.17, 15) is 4.79 Å². The third-order valence-electron chi connectivity index (χ3n) is 3.19. The minimum atomic E-state index is -0.185. The van der Waals surface area contributed by atoms with E-state index in [1.54, 1.807) is 6.07 Å². The largest absolute Gasteiger partial charge is 0.355 e. The monoisotopic (exact) mass is 286 g/mol. The molecular weight excluding hydrogens is 264 g/mol.